The van der Waals surface area contributed by atoms with E-state index in [0.717, 1.165) is 12.1 Å². The zero-order valence-electron chi connectivity index (χ0n) is 9.83. The maximum atomic E-state index is 11.6. The van der Waals surface area contributed by atoms with Crippen molar-refractivity contribution in [3.05, 3.63) is 33.9 Å². The summed E-state index contributed by atoms with van der Waals surface area (Å²) in [6, 6.07) is 3.26. The summed E-state index contributed by atoms with van der Waals surface area (Å²) in [5, 5.41) is 30.6. The van der Waals surface area contributed by atoms with Crippen molar-refractivity contribution in [1.29, 1.82) is 0 Å². The first-order valence-corrected chi connectivity index (χ1v) is 5.39. The van der Waals surface area contributed by atoms with Gasteiger partial charge in [-0.05, 0) is 18.6 Å². The Hall–Kier alpha value is -2.64. The third-order valence-electron chi connectivity index (χ3n) is 2.29. The summed E-state index contributed by atoms with van der Waals surface area (Å²) in [6.45, 7) is 0.153. The number of phenolic OH excluding ortho intramolecular Hbond substituents is 1. The molecule has 0 fully saturated rings. The Morgan fingerprint density at radius 3 is 2.63 bits per heavy atom. The lowest BCUT2D eigenvalue weighted by molar-refractivity contribution is -0.385. The van der Waals surface area contributed by atoms with Crippen molar-refractivity contribution in [1.82, 2.24) is 5.32 Å². The van der Waals surface area contributed by atoms with Crippen LogP contribution in [0.4, 0.5) is 5.69 Å². The number of nitrogens with one attached hydrogen (secondary N) is 1. The summed E-state index contributed by atoms with van der Waals surface area (Å²) in [4.78, 5) is 31.7. The zero-order chi connectivity index (χ0) is 14.4. The Kier molecular flexibility index (Phi) is 4.81. The number of nitrogens with zero attached hydrogens (tertiary/aromatic N) is 1. The predicted molar refractivity (Wildman–Crippen MR) is 64.0 cm³/mol. The molecule has 0 aromatic heterocycles. The average Bonchev–Trinajstić information content (AvgIpc) is 2.34. The van der Waals surface area contributed by atoms with Crippen molar-refractivity contribution in [2.75, 3.05) is 6.54 Å². The van der Waals surface area contributed by atoms with Crippen molar-refractivity contribution >= 4 is 17.6 Å². The fourth-order valence-corrected chi connectivity index (χ4v) is 1.35. The fraction of sp³-hybridized carbons (Fsp3) is 0.273. The summed E-state index contributed by atoms with van der Waals surface area (Å²) in [5.74, 6) is -2.05. The Bertz CT molecular complexity index is 514. The van der Waals surface area contributed by atoms with Crippen LogP contribution in [0, 0.1) is 10.1 Å². The first-order chi connectivity index (χ1) is 8.91. The van der Waals surface area contributed by atoms with Crippen LogP contribution < -0.4 is 5.32 Å². The van der Waals surface area contributed by atoms with Gasteiger partial charge in [-0.1, -0.05) is 0 Å². The number of nitro benzene ring substituents is 1. The zero-order valence-corrected chi connectivity index (χ0v) is 9.83. The van der Waals surface area contributed by atoms with Crippen LogP contribution in [-0.4, -0.2) is 33.6 Å². The normalized spacial score (nSPS) is 9.89. The van der Waals surface area contributed by atoms with Gasteiger partial charge < -0.3 is 15.5 Å². The first-order valence-electron chi connectivity index (χ1n) is 5.39. The Labute approximate surface area is 107 Å². The van der Waals surface area contributed by atoms with Gasteiger partial charge in [0.15, 0.2) is 5.75 Å². The number of benzene rings is 1. The van der Waals surface area contributed by atoms with Gasteiger partial charge in [0.2, 0.25) is 0 Å². The smallest absolute Gasteiger partial charge is 0.311 e. The van der Waals surface area contributed by atoms with Crippen molar-refractivity contribution in [3.8, 4) is 5.75 Å². The lowest BCUT2D eigenvalue weighted by atomic mass is 10.1. The maximum absolute atomic E-state index is 11.6. The number of carbonyl (C=O) groups excluding carboxylic acids is 1. The highest BCUT2D eigenvalue weighted by Gasteiger charge is 2.16. The summed E-state index contributed by atoms with van der Waals surface area (Å²) < 4.78 is 0. The third kappa shape index (κ3) is 4.26. The molecule has 3 N–H and O–H groups in total. The van der Waals surface area contributed by atoms with E-state index in [2.05, 4.69) is 5.32 Å². The number of carbonyl (C=O) groups is 2. The molecule has 0 saturated heterocycles. The molecule has 0 aliphatic rings. The van der Waals surface area contributed by atoms with Gasteiger partial charge in [0.25, 0.3) is 5.91 Å². The van der Waals surface area contributed by atoms with Gasteiger partial charge in [-0.25, -0.2) is 0 Å². The van der Waals surface area contributed by atoms with E-state index < -0.39 is 28.2 Å². The highest BCUT2D eigenvalue weighted by atomic mass is 16.6. The molecule has 8 nitrogen and oxygen atoms in total. The number of carboxylic acids is 1. The lowest BCUT2D eigenvalue weighted by Gasteiger charge is -2.04. The molecule has 8 heteroatoms. The summed E-state index contributed by atoms with van der Waals surface area (Å²) in [6.07, 6.45) is 0.192. The summed E-state index contributed by atoms with van der Waals surface area (Å²) >= 11 is 0. The molecule has 0 unspecified atom stereocenters. The third-order valence-corrected chi connectivity index (χ3v) is 2.29. The lowest BCUT2D eigenvalue weighted by Crippen LogP contribution is -2.24. The van der Waals surface area contributed by atoms with E-state index in [1.54, 1.807) is 0 Å². The summed E-state index contributed by atoms with van der Waals surface area (Å²) in [5.41, 5.74) is -0.530. The van der Waals surface area contributed by atoms with Crippen LogP contribution >= 0.6 is 0 Å². The number of nitro groups is 1. The molecule has 0 heterocycles. The van der Waals surface area contributed by atoms with Crippen molar-refractivity contribution in [2.24, 2.45) is 0 Å². The minimum atomic E-state index is -0.963. The van der Waals surface area contributed by atoms with E-state index in [1.165, 1.54) is 6.07 Å². The predicted octanol–water partition coefficient (Wildman–Crippen LogP) is 0.895. The molecule has 102 valence electrons. The monoisotopic (exact) mass is 268 g/mol. The Morgan fingerprint density at radius 2 is 2.05 bits per heavy atom. The molecular weight excluding hydrogens is 256 g/mol. The van der Waals surface area contributed by atoms with Crippen LogP contribution in [0.5, 0.6) is 5.75 Å². The highest BCUT2D eigenvalue weighted by molar-refractivity contribution is 5.95. The molecule has 0 bridgehead atoms. The van der Waals surface area contributed by atoms with Gasteiger partial charge in [-0.2, -0.15) is 0 Å². The Balaban J connectivity index is 2.65. The number of amides is 1. The van der Waals surface area contributed by atoms with Gasteiger partial charge >= 0.3 is 11.7 Å². The van der Waals surface area contributed by atoms with Crippen LogP contribution in [0.1, 0.15) is 23.2 Å². The number of rotatable bonds is 6. The molecule has 0 saturated carbocycles. The second-order valence-corrected chi connectivity index (χ2v) is 3.71. The number of hydrogen-bond donors (Lipinski definition) is 3. The number of carboxylic acid groups (broad SMARTS) is 1. The van der Waals surface area contributed by atoms with Crippen molar-refractivity contribution in [3.63, 3.8) is 0 Å². The van der Waals surface area contributed by atoms with Crippen molar-refractivity contribution < 1.29 is 24.7 Å². The molecular formula is C11H12N2O6. The van der Waals surface area contributed by atoms with Gasteiger partial charge in [-0.15, -0.1) is 0 Å². The minimum absolute atomic E-state index is 0.0276. The molecule has 0 aliphatic carbocycles. The standard InChI is InChI=1S/C11H12N2O6/c14-9-4-3-7(6-8(9)13(18)19)11(17)12-5-1-2-10(15)16/h3-4,6,14H,1-2,5H2,(H,12,17)(H,15,16). The molecule has 1 amide bonds. The molecule has 19 heavy (non-hydrogen) atoms. The minimum Gasteiger partial charge on any atom is -0.502 e. The highest BCUT2D eigenvalue weighted by Crippen LogP contribution is 2.26. The largest absolute Gasteiger partial charge is 0.502 e. The van der Waals surface area contributed by atoms with Crippen LogP contribution in [0.2, 0.25) is 0 Å². The maximum Gasteiger partial charge on any atom is 0.311 e. The van der Waals surface area contributed by atoms with Crippen LogP contribution in [0.15, 0.2) is 18.2 Å². The molecule has 0 spiro atoms. The van der Waals surface area contributed by atoms with Gasteiger partial charge in [-0.3, -0.25) is 19.7 Å². The molecule has 1 rings (SSSR count). The van der Waals surface area contributed by atoms with Crippen LogP contribution in [0.25, 0.3) is 0 Å². The molecule has 0 atom stereocenters. The second-order valence-electron chi connectivity index (χ2n) is 3.71. The SMILES string of the molecule is O=C(O)CCCNC(=O)c1ccc(O)c([N+](=O)[O-])c1. The van der Waals surface area contributed by atoms with Crippen LogP contribution in [-0.2, 0) is 4.79 Å². The fourth-order valence-electron chi connectivity index (χ4n) is 1.35. The van der Waals surface area contributed by atoms with Gasteiger partial charge in [0.1, 0.15) is 0 Å². The quantitative estimate of drug-likeness (QED) is 0.399. The van der Waals surface area contributed by atoms with E-state index in [0.29, 0.717) is 0 Å². The average molecular weight is 268 g/mol. The van der Waals surface area contributed by atoms with Gasteiger partial charge in [0.05, 0.1) is 4.92 Å². The molecule has 0 radical (unpaired) electrons. The Morgan fingerprint density at radius 1 is 1.37 bits per heavy atom. The molecule has 0 aliphatic heterocycles. The summed E-state index contributed by atoms with van der Waals surface area (Å²) in [7, 11) is 0. The van der Waals surface area contributed by atoms with Crippen molar-refractivity contribution in [2.45, 2.75) is 12.8 Å². The van der Waals surface area contributed by atoms with E-state index in [4.69, 9.17) is 5.11 Å². The molecule has 1 aromatic rings. The van der Waals surface area contributed by atoms with Crippen LogP contribution in [0.3, 0.4) is 0 Å². The van der Waals surface area contributed by atoms with E-state index >= 15 is 0 Å². The number of phenols is 1. The molecule has 1 aromatic carbocycles. The topological polar surface area (TPSA) is 130 Å². The number of hydrogen-bond acceptors (Lipinski definition) is 5. The first kappa shape index (κ1) is 14.4. The second kappa shape index (κ2) is 6.34. The van der Waals surface area contributed by atoms with Gasteiger partial charge in [0, 0.05) is 24.6 Å². The number of aliphatic carboxylic acids is 1. The van der Waals surface area contributed by atoms with E-state index in [-0.39, 0.29) is 24.9 Å². The van der Waals surface area contributed by atoms with E-state index in [9.17, 15) is 24.8 Å². The number of aromatic hydroxyl groups is 1. The van der Waals surface area contributed by atoms with E-state index in [1.807, 2.05) is 0 Å².